The highest BCUT2D eigenvalue weighted by Gasteiger charge is 2.15. The summed E-state index contributed by atoms with van der Waals surface area (Å²) in [7, 11) is 1.70. The second-order valence-corrected chi connectivity index (χ2v) is 7.47. The van der Waals surface area contributed by atoms with E-state index in [1.807, 2.05) is 31.2 Å². The molecule has 1 amide bonds. The highest BCUT2D eigenvalue weighted by molar-refractivity contribution is 14.0. The number of nitrogens with zero attached hydrogens (tertiary/aromatic N) is 1. The van der Waals surface area contributed by atoms with Crippen LogP contribution in [-0.2, 0) is 17.6 Å². The second-order valence-electron chi connectivity index (χ2n) is 7.47. The Morgan fingerprint density at radius 1 is 1.16 bits per heavy atom. The summed E-state index contributed by atoms with van der Waals surface area (Å²) in [5.74, 6) is 2.55. The van der Waals surface area contributed by atoms with Crippen molar-refractivity contribution in [3.8, 4) is 11.5 Å². The number of aryl methyl sites for hydroxylation is 2. The lowest BCUT2D eigenvalue weighted by atomic mass is 10.0. The SMILES string of the molecule is CCNC(=NCCc1cc(C)ccc1OC)NCCOc1ccc2c(c1)CCC(=O)N2.I. The summed E-state index contributed by atoms with van der Waals surface area (Å²) >= 11 is 0. The van der Waals surface area contributed by atoms with Gasteiger partial charge in [0, 0.05) is 25.2 Å². The lowest BCUT2D eigenvalue weighted by molar-refractivity contribution is -0.116. The Morgan fingerprint density at radius 2 is 2.00 bits per heavy atom. The number of carbonyl (C=O) groups excluding carboxylic acids is 1. The van der Waals surface area contributed by atoms with Gasteiger partial charge in [-0.2, -0.15) is 0 Å². The lowest BCUT2D eigenvalue weighted by Gasteiger charge is -2.18. The van der Waals surface area contributed by atoms with Gasteiger partial charge in [-0.1, -0.05) is 17.7 Å². The molecule has 0 saturated heterocycles. The third-order valence-corrected chi connectivity index (χ3v) is 5.07. The standard InChI is InChI=1S/C24H32N4O3.HI/c1-4-25-24(26-12-11-19-15-17(2)5-9-22(19)30-3)27-13-14-31-20-7-8-21-18(16-20)6-10-23(29)28-21;/h5,7-9,15-16H,4,6,10-14H2,1-3H3,(H,28,29)(H2,25,26,27);1H. The van der Waals surface area contributed by atoms with Crippen molar-refractivity contribution in [3.63, 3.8) is 0 Å². The number of fused-ring (bicyclic) bond motifs is 1. The molecule has 174 valence electrons. The molecule has 3 N–H and O–H groups in total. The Hall–Kier alpha value is -2.49. The Morgan fingerprint density at radius 3 is 2.78 bits per heavy atom. The van der Waals surface area contributed by atoms with Crippen molar-refractivity contribution >= 4 is 41.5 Å². The quantitative estimate of drug-likeness (QED) is 0.191. The monoisotopic (exact) mass is 552 g/mol. The van der Waals surface area contributed by atoms with E-state index in [2.05, 4.69) is 40.0 Å². The predicted molar refractivity (Wildman–Crippen MR) is 140 cm³/mol. The number of methoxy groups -OCH3 is 1. The smallest absolute Gasteiger partial charge is 0.224 e. The summed E-state index contributed by atoms with van der Waals surface area (Å²) in [5, 5.41) is 9.46. The third kappa shape index (κ3) is 7.58. The van der Waals surface area contributed by atoms with Crippen molar-refractivity contribution in [2.24, 2.45) is 4.99 Å². The summed E-state index contributed by atoms with van der Waals surface area (Å²) in [4.78, 5) is 16.1. The first-order valence-electron chi connectivity index (χ1n) is 10.8. The van der Waals surface area contributed by atoms with Gasteiger partial charge < -0.3 is 25.4 Å². The highest BCUT2D eigenvalue weighted by atomic mass is 127. The van der Waals surface area contributed by atoms with Gasteiger partial charge in [0.15, 0.2) is 5.96 Å². The molecule has 0 unspecified atom stereocenters. The van der Waals surface area contributed by atoms with Crippen LogP contribution in [0.1, 0.15) is 30.0 Å². The van der Waals surface area contributed by atoms with Gasteiger partial charge in [0.2, 0.25) is 5.91 Å². The van der Waals surface area contributed by atoms with Crippen LogP contribution in [-0.4, -0.2) is 45.2 Å². The van der Waals surface area contributed by atoms with Gasteiger partial charge in [0.05, 0.1) is 13.7 Å². The molecule has 0 bridgehead atoms. The molecule has 1 aliphatic heterocycles. The Labute approximate surface area is 207 Å². The molecule has 2 aromatic rings. The number of carbonyl (C=O) groups is 1. The van der Waals surface area contributed by atoms with Gasteiger partial charge >= 0.3 is 0 Å². The van der Waals surface area contributed by atoms with E-state index < -0.39 is 0 Å². The van der Waals surface area contributed by atoms with Crippen molar-refractivity contribution in [2.75, 3.05) is 38.7 Å². The zero-order valence-electron chi connectivity index (χ0n) is 19.0. The minimum Gasteiger partial charge on any atom is -0.496 e. The Balaban J connectivity index is 0.00000363. The van der Waals surface area contributed by atoms with E-state index in [9.17, 15) is 4.79 Å². The molecule has 3 rings (SSSR count). The molecule has 1 aliphatic rings. The minimum absolute atomic E-state index is 0. The minimum atomic E-state index is 0. The maximum Gasteiger partial charge on any atom is 0.224 e. The van der Waals surface area contributed by atoms with E-state index in [0.717, 1.165) is 53.7 Å². The van der Waals surface area contributed by atoms with Crippen LogP contribution in [0.3, 0.4) is 0 Å². The average Bonchev–Trinajstić information content (AvgIpc) is 2.77. The second kappa shape index (κ2) is 13.1. The number of hydrogen-bond donors (Lipinski definition) is 3. The zero-order chi connectivity index (χ0) is 22.1. The Bertz CT molecular complexity index is 933. The molecule has 0 aromatic heterocycles. The summed E-state index contributed by atoms with van der Waals surface area (Å²) in [5.41, 5.74) is 4.38. The number of amides is 1. The molecule has 1 heterocycles. The normalized spacial score (nSPS) is 12.8. The lowest BCUT2D eigenvalue weighted by Crippen LogP contribution is -2.39. The van der Waals surface area contributed by atoms with Gasteiger partial charge in [-0.05, 0) is 62.1 Å². The van der Waals surface area contributed by atoms with Crippen LogP contribution in [0.5, 0.6) is 11.5 Å². The van der Waals surface area contributed by atoms with Crippen LogP contribution in [0.2, 0.25) is 0 Å². The summed E-state index contributed by atoms with van der Waals surface area (Å²) in [6.07, 6.45) is 2.08. The summed E-state index contributed by atoms with van der Waals surface area (Å²) < 4.78 is 11.3. The van der Waals surface area contributed by atoms with E-state index in [-0.39, 0.29) is 29.9 Å². The van der Waals surface area contributed by atoms with Crippen molar-refractivity contribution in [3.05, 3.63) is 53.1 Å². The third-order valence-electron chi connectivity index (χ3n) is 5.07. The van der Waals surface area contributed by atoms with Crippen molar-refractivity contribution in [1.82, 2.24) is 10.6 Å². The van der Waals surface area contributed by atoms with E-state index in [0.29, 0.717) is 26.1 Å². The van der Waals surface area contributed by atoms with Gasteiger partial charge in [0.25, 0.3) is 0 Å². The van der Waals surface area contributed by atoms with Crippen LogP contribution in [0.15, 0.2) is 41.4 Å². The van der Waals surface area contributed by atoms with E-state index >= 15 is 0 Å². The molecule has 32 heavy (non-hydrogen) atoms. The molecule has 0 radical (unpaired) electrons. The number of halogens is 1. The maximum atomic E-state index is 11.5. The predicted octanol–water partition coefficient (Wildman–Crippen LogP) is 3.68. The fourth-order valence-electron chi connectivity index (χ4n) is 3.52. The molecule has 8 heteroatoms. The maximum absolute atomic E-state index is 11.5. The molecule has 0 aliphatic carbocycles. The van der Waals surface area contributed by atoms with Crippen LogP contribution in [0.4, 0.5) is 5.69 Å². The van der Waals surface area contributed by atoms with Crippen LogP contribution in [0, 0.1) is 6.92 Å². The number of nitrogens with one attached hydrogen (secondary N) is 3. The number of guanidine groups is 1. The van der Waals surface area contributed by atoms with Gasteiger partial charge in [-0.3, -0.25) is 9.79 Å². The first kappa shape index (κ1) is 25.8. The summed E-state index contributed by atoms with van der Waals surface area (Å²) in [6, 6.07) is 12.0. The fraction of sp³-hybridized carbons (Fsp3) is 0.417. The topological polar surface area (TPSA) is 84.0 Å². The zero-order valence-corrected chi connectivity index (χ0v) is 21.3. The molecule has 7 nitrogen and oxygen atoms in total. The molecular weight excluding hydrogens is 519 g/mol. The number of rotatable bonds is 9. The largest absolute Gasteiger partial charge is 0.496 e. The number of aliphatic imine (C=N–C) groups is 1. The van der Waals surface area contributed by atoms with Gasteiger partial charge in [-0.15, -0.1) is 24.0 Å². The highest BCUT2D eigenvalue weighted by Crippen LogP contribution is 2.26. The molecule has 0 atom stereocenters. The van der Waals surface area contributed by atoms with Crippen LogP contribution in [0.25, 0.3) is 0 Å². The first-order chi connectivity index (χ1) is 15.1. The van der Waals surface area contributed by atoms with Crippen LogP contribution >= 0.6 is 24.0 Å². The van der Waals surface area contributed by atoms with Gasteiger partial charge in [-0.25, -0.2) is 0 Å². The molecular formula is C24H33IN4O3. The molecule has 0 saturated carbocycles. The summed E-state index contributed by atoms with van der Waals surface area (Å²) in [6.45, 7) is 6.72. The number of ether oxygens (including phenoxy) is 2. The van der Waals surface area contributed by atoms with Crippen molar-refractivity contribution in [1.29, 1.82) is 0 Å². The molecule has 2 aromatic carbocycles. The van der Waals surface area contributed by atoms with E-state index in [1.54, 1.807) is 7.11 Å². The first-order valence-corrected chi connectivity index (χ1v) is 10.8. The average molecular weight is 552 g/mol. The fourth-order valence-corrected chi connectivity index (χ4v) is 3.52. The molecule has 0 fully saturated rings. The number of hydrogen-bond acceptors (Lipinski definition) is 4. The van der Waals surface area contributed by atoms with Crippen molar-refractivity contribution < 1.29 is 14.3 Å². The van der Waals surface area contributed by atoms with Crippen LogP contribution < -0.4 is 25.4 Å². The van der Waals surface area contributed by atoms with E-state index in [1.165, 1.54) is 5.56 Å². The van der Waals surface area contributed by atoms with Gasteiger partial charge in [0.1, 0.15) is 18.1 Å². The number of anilines is 1. The Kier molecular flexibility index (Phi) is 10.6. The number of benzene rings is 2. The van der Waals surface area contributed by atoms with Crippen molar-refractivity contribution in [2.45, 2.75) is 33.1 Å². The molecule has 0 spiro atoms. The van der Waals surface area contributed by atoms with E-state index in [4.69, 9.17) is 9.47 Å².